The fourth-order valence-electron chi connectivity index (χ4n) is 2.66. The summed E-state index contributed by atoms with van der Waals surface area (Å²) in [4.78, 5) is 4.25. The van der Waals surface area contributed by atoms with Crippen LogP contribution in [-0.4, -0.2) is 42.5 Å². The van der Waals surface area contributed by atoms with E-state index in [1.54, 1.807) is 7.05 Å². The molecule has 6 nitrogen and oxygen atoms in total. The standard InChI is InChI=1S/C20H31N5O.HI/c1-16-7-9-19(10-8-16)26-14-6-12-23-20(21-4)22-11-5-13-25-18(3)15-17(2)24-25;/h7-10,15H,5-6,11-14H2,1-4H3,(H2,21,22,23);1H. The molecule has 0 saturated carbocycles. The van der Waals surface area contributed by atoms with E-state index in [0.29, 0.717) is 6.61 Å². The third kappa shape index (κ3) is 8.64. The number of hydrogen-bond donors (Lipinski definition) is 2. The van der Waals surface area contributed by atoms with Gasteiger partial charge in [-0.05, 0) is 51.8 Å². The smallest absolute Gasteiger partial charge is 0.190 e. The lowest BCUT2D eigenvalue weighted by Crippen LogP contribution is -2.38. The highest BCUT2D eigenvalue weighted by Crippen LogP contribution is 2.11. The van der Waals surface area contributed by atoms with Crippen molar-refractivity contribution in [1.82, 2.24) is 20.4 Å². The molecule has 1 aromatic heterocycles. The Balaban J connectivity index is 0.00000364. The lowest BCUT2D eigenvalue weighted by atomic mass is 10.2. The average Bonchev–Trinajstić information content (AvgIpc) is 2.95. The summed E-state index contributed by atoms with van der Waals surface area (Å²) in [6.45, 7) is 9.46. The van der Waals surface area contributed by atoms with Crippen LogP contribution in [0, 0.1) is 20.8 Å². The van der Waals surface area contributed by atoms with E-state index < -0.39 is 0 Å². The Hall–Kier alpha value is -1.77. The second kappa shape index (κ2) is 12.6. The van der Waals surface area contributed by atoms with Crippen molar-refractivity contribution in [2.24, 2.45) is 4.99 Å². The highest BCUT2D eigenvalue weighted by molar-refractivity contribution is 14.0. The van der Waals surface area contributed by atoms with Gasteiger partial charge in [0.25, 0.3) is 0 Å². The molecule has 1 aromatic carbocycles. The van der Waals surface area contributed by atoms with Crippen molar-refractivity contribution in [2.45, 2.75) is 40.2 Å². The van der Waals surface area contributed by atoms with Crippen molar-refractivity contribution in [2.75, 3.05) is 26.7 Å². The maximum absolute atomic E-state index is 5.73. The van der Waals surface area contributed by atoms with Crippen LogP contribution in [0.5, 0.6) is 5.75 Å². The highest BCUT2D eigenvalue weighted by Gasteiger charge is 2.01. The topological polar surface area (TPSA) is 63.5 Å². The van der Waals surface area contributed by atoms with Crippen LogP contribution in [0.3, 0.4) is 0 Å². The predicted molar refractivity (Wildman–Crippen MR) is 122 cm³/mol. The van der Waals surface area contributed by atoms with Gasteiger partial charge in [0, 0.05) is 32.4 Å². The molecular weight excluding hydrogens is 453 g/mol. The second-order valence-corrected chi connectivity index (χ2v) is 6.44. The third-order valence-electron chi connectivity index (χ3n) is 4.07. The molecule has 0 saturated heterocycles. The number of benzene rings is 1. The molecule has 2 aromatic rings. The fraction of sp³-hybridized carbons (Fsp3) is 0.500. The first-order valence-electron chi connectivity index (χ1n) is 9.23. The van der Waals surface area contributed by atoms with Gasteiger partial charge in [-0.3, -0.25) is 9.67 Å². The van der Waals surface area contributed by atoms with E-state index in [1.807, 2.05) is 19.1 Å². The molecule has 0 aliphatic rings. The Labute approximate surface area is 179 Å². The predicted octanol–water partition coefficient (Wildman–Crippen LogP) is 3.45. The average molecular weight is 485 g/mol. The molecule has 0 radical (unpaired) electrons. The number of rotatable bonds is 9. The van der Waals surface area contributed by atoms with Gasteiger partial charge in [-0.25, -0.2) is 0 Å². The zero-order valence-corrected chi connectivity index (χ0v) is 19.1. The van der Waals surface area contributed by atoms with Gasteiger partial charge in [0.1, 0.15) is 5.75 Å². The minimum absolute atomic E-state index is 0. The van der Waals surface area contributed by atoms with Gasteiger partial charge in [0.05, 0.1) is 12.3 Å². The van der Waals surface area contributed by atoms with Crippen LogP contribution in [0.25, 0.3) is 0 Å². The lowest BCUT2D eigenvalue weighted by molar-refractivity contribution is 0.311. The number of hydrogen-bond acceptors (Lipinski definition) is 3. The van der Waals surface area contributed by atoms with Crippen molar-refractivity contribution in [3.8, 4) is 5.75 Å². The van der Waals surface area contributed by atoms with Crippen LogP contribution in [0.1, 0.15) is 29.8 Å². The van der Waals surface area contributed by atoms with Gasteiger partial charge >= 0.3 is 0 Å². The molecule has 7 heteroatoms. The molecule has 150 valence electrons. The van der Waals surface area contributed by atoms with Crippen molar-refractivity contribution in [1.29, 1.82) is 0 Å². The number of guanidine groups is 1. The maximum atomic E-state index is 5.73. The Kier molecular flexibility index (Phi) is 10.8. The summed E-state index contributed by atoms with van der Waals surface area (Å²) in [6.07, 6.45) is 1.92. The first-order valence-corrected chi connectivity index (χ1v) is 9.23. The Morgan fingerprint density at radius 1 is 1.07 bits per heavy atom. The van der Waals surface area contributed by atoms with Gasteiger partial charge in [-0.15, -0.1) is 24.0 Å². The number of aryl methyl sites for hydroxylation is 4. The molecule has 2 rings (SSSR count). The molecule has 27 heavy (non-hydrogen) atoms. The summed E-state index contributed by atoms with van der Waals surface area (Å²) in [5, 5.41) is 11.1. The van der Waals surface area contributed by atoms with E-state index in [2.05, 4.69) is 57.5 Å². The molecule has 0 unspecified atom stereocenters. The molecular formula is C20H32IN5O. The van der Waals surface area contributed by atoms with Gasteiger partial charge in [0.15, 0.2) is 5.96 Å². The minimum Gasteiger partial charge on any atom is -0.494 e. The minimum atomic E-state index is 0. The Morgan fingerprint density at radius 3 is 2.33 bits per heavy atom. The Bertz CT molecular complexity index is 697. The normalized spacial score (nSPS) is 11.0. The molecule has 0 spiro atoms. The summed E-state index contributed by atoms with van der Waals surface area (Å²) in [6, 6.07) is 10.2. The van der Waals surface area contributed by atoms with Crippen LogP contribution >= 0.6 is 24.0 Å². The quantitative estimate of drug-likeness (QED) is 0.247. The fourth-order valence-corrected chi connectivity index (χ4v) is 2.66. The molecule has 1 heterocycles. The third-order valence-corrected chi connectivity index (χ3v) is 4.07. The second-order valence-electron chi connectivity index (χ2n) is 6.44. The Morgan fingerprint density at radius 2 is 1.74 bits per heavy atom. The van der Waals surface area contributed by atoms with E-state index in [9.17, 15) is 0 Å². The summed E-state index contributed by atoms with van der Waals surface area (Å²) in [5.74, 6) is 1.75. The van der Waals surface area contributed by atoms with Gasteiger partial charge < -0.3 is 15.4 Å². The largest absolute Gasteiger partial charge is 0.494 e. The van der Waals surface area contributed by atoms with Gasteiger partial charge in [0.2, 0.25) is 0 Å². The molecule has 0 fully saturated rings. The number of ether oxygens (including phenoxy) is 1. The number of nitrogens with one attached hydrogen (secondary N) is 2. The van der Waals surface area contributed by atoms with Crippen LogP contribution < -0.4 is 15.4 Å². The highest BCUT2D eigenvalue weighted by atomic mass is 127. The molecule has 0 aliphatic heterocycles. The number of aromatic nitrogens is 2. The molecule has 0 atom stereocenters. The van der Waals surface area contributed by atoms with E-state index in [-0.39, 0.29) is 24.0 Å². The first kappa shape index (κ1) is 23.3. The van der Waals surface area contributed by atoms with Gasteiger partial charge in [-0.2, -0.15) is 5.10 Å². The summed E-state index contributed by atoms with van der Waals surface area (Å²) in [7, 11) is 1.79. The van der Waals surface area contributed by atoms with Crippen LogP contribution in [0.2, 0.25) is 0 Å². The van der Waals surface area contributed by atoms with Crippen molar-refractivity contribution >= 4 is 29.9 Å². The van der Waals surface area contributed by atoms with E-state index in [1.165, 1.54) is 11.3 Å². The van der Waals surface area contributed by atoms with Crippen molar-refractivity contribution in [3.63, 3.8) is 0 Å². The summed E-state index contributed by atoms with van der Waals surface area (Å²) < 4.78 is 7.78. The SMILES string of the molecule is CN=C(NCCCOc1ccc(C)cc1)NCCCn1nc(C)cc1C.I. The van der Waals surface area contributed by atoms with E-state index >= 15 is 0 Å². The molecule has 0 amide bonds. The summed E-state index contributed by atoms with van der Waals surface area (Å²) >= 11 is 0. The first-order chi connectivity index (χ1) is 12.6. The molecule has 0 aliphatic carbocycles. The number of nitrogens with zero attached hydrogens (tertiary/aromatic N) is 3. The number of aliphatic imine (C=N–C) groups is 1. The van der Waals surface area contributed by atoms with Crippen LogP contribution in [0.4, 0.5) is 0 Å². The number of halogens is 1. The van der Waals surface area contributed by atoms with Crippen molar-refractivity contribution in [3.05, 3.63) is 47.3 Å². The zero-order valence-electron chi connectivity index (χ0n) is 16.8. The molecule has 0 bridgehead atoms. The van der Waals surface area contributed by atoms with Crippen molar-refractivity contribution < 1.29 is 4.74 Å². The molecule has 2 N–H and O–H groups in total. The van der Waals surface area contributed by atoms with Gasteiger partial charge in [-0.1, -0.05) is 17.7 Å². The van der Waals surface area contributed by atoms with Crippen LogP contribution in [-0.2, 0) is 6.54 Å². The lowest BCUT2D eigenvalue weighted by Gasteiger charge is -2.12. The maximum Gasteiger partial charge on any atom is 0.190 e. The van der Waals surface area contributed by atoms with E-state index in [4.69, 9.17) is 4.74 Å². The van der Waals surface area contributed by atoms with E-state index in [0.717, 1.165) is 49.9 Å². The monoisotopic (exact) mass is 485 g/mol. The zero-order chi connectivity index (χ0) is 18.8. The summed E-state index contributed by atoms with van der Waals surface area (Å²) in [5.41, 5.74) is 3.52. The van der Waals surface area contributed by atoms with Crippen LogP contribution in [0.15, 0.2) is 35.3 Å².